The maximum absolute atomic E-state index is 12.5. The van der Waals surface area contributed by atoms with Gasteiger partial charge in [0.05, 0.1) is 0 Å². The number of carbonyl (C=O) groups excluding carboxylic acids is 1. The minimum Gasteiger partial charge on any atom is -0.331 e. The SMILES string of the molecule is C=CCN(CC=C)C(=O)c1cc(Cl)nc(C(C)(C)C)c1. The molecule has 1 heterocycles. The molecule has 0 saturated carbocycles. The van der Waals surface area contributed by atoms with Gasteiger partial charge in [-0.3, -0.25) is 4.79 Å². The summed E-state index contributed by atoms with van der Waals surface area (Å²) in [5.41, 5.74) is 1.17. The topological polar surface area (TPSA) is 33.2 Å². The van der Waals surface area contributed by atoms with Crippen LogP contribution in [0.15, 0.2) is 37.4 Å². The molecular weight excluding hydrogens is 272 g/mol. The van der Waals surface area contributed by atoms with E-state index in [1.165, 1.54) is 0 Å². The lowest BCUT2D eigenvalue weighted by atomic mass is 9.91. The van der Waals surface area contributed by atoms with E-state index in [2.05, 4.69) is 18.1 Å². The highest BCUT2D eigenvalue weighted by Crippen LogP contribution is 2.24. The molecule has 0 aromatic carbocycles. The van der Waals surface area contributed by atoms with Crippen LogP contribution in [0.4, 0.5) is 0 Å². The maximum atomic E-state index is 12.5. The van der Waals surface area contributed by atoms with Gasteiger partial charge in [0, 0.05) is 29.8 Å². The third-order valence-corrected chi connectivity index (χ3v) is 2.99. The Labute approximate surface area is 126 Å². The van der Waals surface area contributed by atoms with Crippen LogP contribution in [0.1, 0.15) is 36.8 Å². The summed E-state index contributed by atoms with van der Waals surface area (Å²) in [5.74, 6) is -0.0976. The van der Waals surface area contributed by atoms with Crippen molar-refractivity contribution in [1.82, 2.24) is 9.88 Å². The maximum Gasteiger partial charge on any atom is 0.254 e. The highest BCUT2D eigenvalue weighted by atomic mass is 35.5. The smallest absolute Gasteiger partial charge is 0.254 e. The summed E-state index contributed by atoms with van der Waals surface area (Å²) in [6, 6.07) is 3.39. The van der Waals surface area contributed by atoms with E-state index in [0.717, 1.165) is 5.69 Å². The van der Waals surface area contributed by atoms with Gasteiger partial charge >= 0.3 is 0 Å². The molecule has 1 aromatic rings. The normalized spacial score (nSPS) is 11.0. The van der Waals surface area contributed by atoms with Gasteiger partial charge in [-0.05, 0) is 12.1 Å². The van der Waals surface area contributed by atoms with E-state index in [-0.39, 0.29) is 11.3 Å². The number of halogens is 1. The van der Waals surface area contributed by atoms with Gasteiger partial charge in [-0.2, -0.15) is 0 Å². The second-order valence-electron chi connectivity index (χ2n) is 5.60. The lowest BCUT2D eigenvalue weighted by molar-refractivity contribution is 0.0790. The molecule has 0 bridgehead atoms. The first-order valence-electron chi connectivity index (χ1n) is 6.48. The Morgan fingerprint density at radius 3 is 2.30 bits per heavy atom. The van der Waals surface area contributed by atoms with Crippen LogP contribution in [-0.2, 0) is 5.41 Å². The molecule has 0 spiro atoms. The quantitative estimate of drug-likeness (QED) is 0.610. The number of nitrogens with zero attached hydrogens (tertiary/aromatic N) is 2. The van der Waals surface area contributed by atoms with Gasteiger partial charge in [0.25, 0.3) is 5.91 Å². The fourth-order valence-corrected chi connectivity index (χ4v) is 1.95. The Bertz CT molecular complexity index is 508. The standard InChI is InChI=1S/C16H21ClN2O/c1-6-8-19(9-7-2)15(20)12-10-13(16(3,4)5)18-14(17)11-12/h6-7,10-11H,1-2,8-9H2,3-5H3. The second-order valence-corrected chi connectivity index (χ2v) is 5.99. The molecular formula is C16H21ClN2O. The Morgan fingerprint density at radius 1 is 1.30 bits per heavy atom. The molecule has 0 unspecified atom stereocenters. The molecule has 4 heteroatoms. The molecule has 0 aliphatic heterocycles. The first kappa shape index (κ1) is 16.4. The van der Waals surface area contributed by atoms with Gasteiger partial charge in [-0.1, -0.05) is 44.5 Å². The van der Waals surface area contributed by atoms with Crippen LogP contribution in [0.3, 0.4) is 0 Å². The van der Waals surface area contributed by atoms with Gasteiger partial charge in [0.1, 0.15) is 5.15 Å². The zero-order valence-electron chi connectivity index (χ0n) is 12.3. The lowest BCUT2D eigenvalue weighted by Gasteiger charge is -2.22. The molecule has 0 radical (unpaired) electrons. The first-order chi connectivity index (χ1) is 9.29. The fourth-order valence-electron chi connectivity index (χ4n) is 1.74. The van der Waals surface area contributed by atoms with E-state index in [1.54, 1.807) is 29.2 Å². The third-order valence-electron chi connectivity index (χ3n) is 2.80. The monoisotopic (exact) mass is 292 g/mol. The lowest BCUT2D eigenvalue weighted by Crippen LogP contribution is -2.31. The molecule has 20 heavy (non-hydrogen) atoms. The second kappa shape index (κ2) is 6.71. The van der Waals surface area contributed by atoms with E-state index in [9.17, 15) is 4.79 Å². The van der Waals surface area contributed by atoms with Crippen molar-refractivity contribution in [2.24, 2.45) is 0 Å². The van der Waals surface area contributed by atoms with Gasteiger partial charge in [-0.25, -0.2) is 4.98 Å². The minimum absolute atomic E-state index is 0.0976. The van der Waals surface area contributed by atoms with Crippen LogP contribution >= 0.6 is 11.6 Å². The molecule has 108 valence electrons. The Morgan fingerprint density at radius 2 is 1.85 bits per heavy atom. The van der Waals surface area contributed by atoms with Crippen molar-refractivity contribution in [2.75, 3.05) is 13.1 Å². The van der Waals surface area contributed by atoms with Crippen LogP contribution < -0.4 is 0 Å². The van der Waals surface area contributed by atoms with Gasteiger partial charge in [0.2, 0.25) is 0 Å². The molecule has 0 aliphatic rings. The highest BCUT2D eigenvalue weighted by molar-refractivity contribution is 6.29. The highest BCUT2D eigenvalue weighted by Gasteiger charge is 2.20. The van der Waals surface area contributed by atoms with Crippen molar-refractivity contribution < 1.29 is 4.79 Å². The third kappa shape index (κ3) is 4.20. The van der Waals surface area contributed by atoms with Crippen molar-refractivity contribution in [2.45, 2.75) is 26.2 Å². The summed E-state index contributed by atoms with van der Waals surface area (Å²) >= 11 is 6.04. The van der Waals surface area contributed by atoms with E-state index >= 15 is 0 Å². The zero-order valence-corrected chi connectivity index (χ0v) is 13.1. The first-order valence-corrected chi connectivity index (χ1v) is 6.86. The van der Waals surface area contributed by atoms with Crippen molar-refractivity contribution >= 4 is 17.5 Å². The number of aromatic nitrogens is 1. The van der Waals surface area contributed by atoms with Gasteiger partial charge < -0.3 is 4.90 Å². The molecule has 1 rings (SSSR count). The van der Waals surface area contributed by atoms with Crippen LogP contribution in [0.25, 0.3) is 0 Å². The molecule has 1 amide bonds. The molecule has 0 N–H and O–H groups in total. The molecule has 1 aromatic heterocycles. The summed E-state index contributed by atoms with van der Waals surface area (Å²) in [7, 11) is 0. The molecule has 0 atom stereocenters. The molecule has 0 saturated heterocycles. The number of rotatable bonds is 5. The predicted octanol–water partition coefficient (Wildman–Crippen LogP) is 3.85. The number of amides is 1. The van der Waals surface area contributed by atoms with Crippen LogP contribution in [0.2, 0.25) is 5.15 Å². The zero-order chi connectivity index (χ0) is 15.3. The largest absolute Gasteiger partial charge is 0.331 e. The summed E-state index contributed by atoms with van der Waals surface area (Å²) in [4.78, 5) is 18.4. The van der Waals surface area contributed by atoms with Crippen molar-refractivity contribution in [3.05, 3.63) is 53.9 Å². The van der Waals surface area contributed by atoms with Crippen LogP contribution in [0, 0.1) is 0 Å². The summed E-state index contributed by atoms with van der Waals surface area (Å²) < 4.78 is 0. The number of pyridine rings is 1. The summed E-state index contributed by atoms with van der Waals surface area (Å²) in [5, 5.41) is 0.331. The number of hydrogen-bond acceptors (Lipinski definition) is 2. The van der Waals surface area contributed by atoms with Gasteiger partial charge in [0.15, 0.2) is 0 Å². The number of carbonyl (C=O) groups is 1. The molecule has 0 aliphatic carbocycles. The molecule has 3 nitrogen and oxygen atoms in total. The average Bonchev–Trinajstić information content (AvgIpc) is 2.36. The van der Waals surface area contributed by atoms with Crippen molar-refractivity contribution in [3.63, 3.8) is 0 Å². The predicted molar refractivity (Wildman–Crippen MR) is 84.2 cm³/mol. The van der Waals surface area contributed by atoms with E-state index in [1.807, 2.05) is 20.8 Å². The Balaban J connectivity index is 3.17. The van der Waals surface area contributed by atoms with E-state index in [0.29, 0.717) is 23.8 Å². The molecule has 0 fully saturated rings. The van der Waals surface area contributed by atoms with E-state index < -0.39 is 0 Å². The fraction of sp³-hybridized carbons (Fsp3) is 0.375. The van der Waals surface area contributed by atoms with E-state index in [4.69, 9.17) is 11.6 Å². The summed E-state index contributed by atoms with van der Waals surface area (Å²) in [6.45, 7) is 14.4. The van der Waals surface area contributed by atoms with Crippen molar-refractivity contribution in [1.29, 1.82) is 0 Å². The minimum atomic E-state index is -0.165. The summed E-state index contributed by atoms with van der Waals surface area (Å²) in [6.07, 6.45) is 3.38. The Hall–Kier alpha value is -1.61. The van der Waals surface area contributed by atoms with Crippen LogP contribution in [-0.4, -0.2) is 28.9 Å². The average molecular weight is 293 g/mol. The van der Waals surface area contributed by atoms with Crippen LogP contribution in [0.5, 0.6) is 0 Å². The van der Waals surface area contributed by atoms with Crippen molar-refractivity contribution in [3.8, 4) is 0 Å². The van der Waals surface area contributed by atoms with Gasteiger partial charge in [-0.15, -0.1) is 13.2 Å². The Kier molecular flexibility index (Phi) is 5.52. The number of hydrogen-bond donors (Lipinski definition) is 0.